The second-order valence-electron chi connectivity index (χ2n) is 7.52. The van der Waals surface area contributed by atoms with Crippen LogP contribution in [-0.4, -0.2) is 55.4 Å². The van der Waals surface area contributed by atoms with E-state index in [1.165, 1.54) is 75.9 Å². The third-order valence-corrected chi connectivity index (χ3v) is 6.72. The van der Waals surface area contributed by atoms with Crippen LogP contribution in [0, 0.1) is 5.82 Å². The molecule has 1 aromatic carbocycles. The number of thioether (sulfide) groups is 1. The summed E-state index contributed by atoms with van der Waals surface area (Å²) in [7, 11) is 1.82. The quantitative estimate of drug-likeness (QED) is 0.334. The van der Waals surface area contributed by atoms with Crippen LogP contribution in [0.5, 0.6) is 0 Å². The molecule has 1 aliphatic carbocycles. The number of benzene rings is 1. The molecular formula is C21H33FN4S. The molecule has 0 radical (unpaired) electrons. The molecule has 0 atom stereocenters. The molecular weight excluding hydrogens is 359 g/mol. The molecule has 4 nitrogen and oxygen atoms in total. The first-order chi connectivity index (χ1) is 13.3. The number of hydrogen-bond donors (Lipinski definition) is 2. The van der Waals surface area contributed by atoms with Crippen molar-refractivity contribution in [3.8, 4) is 0 Å². The van der Waals surface area contributed by atoms with Gasteiger partial charge in [-0.3, -0.25) is 4.99 Å². The summed E-state index contributed by atoms with van der Waals surface area (Å²) in [4.78, 5) is 7.76. The largest absolute Gasteiger partial charge is 0.356 e. The van der Waals surface area contributed by atoms with Crippen molar-refractivity contribution in [1.29, 1.82) is 0 Å². The molecule has 1 aliphatic heterocycles. The van der Waals surface area contributed by atoms with Crippen molar-refractivity contribution in [1.82, 2.24) is 15.5 Å². The van der Waals surface area contributed by atoms with Crippen LogP contribution in [0.3, 0.4) is 0 Å². The van der Waals surface area contributed by atoms with Gasteiger partial charge in [-0.15, -0.1) is 11.8 Å². The van der Waals surface area contributed by atoms with Gasteiger partial charge in [0.2, 0.25) is 0 Å². The van der Waals surface area contributed by atoms with Gasteiger partial charge in [0.25, 0.3) is 0 Å². The van der Waals surface area contributed by atoms with Gasteiger partial charge >= 0.3 is 0 Å². The van der Waals surface area contributed by atoms with E-state index < -0.39 is 0 Å². The molecule has 2 N–H and O–H groups in total. The lowest BCUT2D eigenvalue weighted by Gasteiger charge is -2.39. The first-order valence-electron chi connectivity index (χ1n) is 10.3. The zero-order valence-electron chi connectivity index (χ0n) is 16.4. The molecule has 150 valence electrons. The van der Waals surface area contributed by atoms with E-state index in [4.69, 9.17) is 0 Å². The highest BCUT2D eigenvalue weighted by Crippen LogP contribution is 2.25. The Morgan fingerprint density at radius 3 is 2.59 bits per heavy atom. The summed E-state index contributed by atoms with van der Waals surface area (Å²) in [5, 5.41) is 6.93. The fourth-order valence-corrected chi connectivity index (χ4v) is 4.94. The van der Waals surface area contributed by atoms with Crippen LogP contribution in [0.15, 0.2) is 34.2 Å². The van der Waals surface area contributed by atoms with Crippen molar-refractivity contribution in [2.24, 2.45) is 4.99 Å². The van der Waals surface area contributed by atoms with Crippen LogP contribution in [-0.2, 0) is 0 Å². The molecule has 1 saturated carbocycles. The van der Waals surface area contributed by atoms with E-state index in [2.05, 4.69) is 20.5 Å². The molecule has 0 spiro atoms. The molecule has 0 unspecified atom stereocenters. The van der Waals surface area contributed by atoms with Gasteiger partial charge in [-0.25, -0.2) is 4.39 Å². The normalized spacial score (nSPS) is 20.6. The van der Waals surface area contributed by atoms with Gasteiger partial charge in [0.1, 0.15) is 5.82 Å². The third kappa shape index (κ3) is 6.39. The number of rotatable bonds is 6. The minimum atomic E-state index is -0.144. The zero-order valence-corrected chi connectivity index (χ0v) is 17.2. The van der Waals surface area contributed by atoms with Gasteiger partial charge in [-0.05, 0) is 37.8 Å². The van der Waals surface area contributed by atoms with Gasteiger partial charge in [0, 0.05) is 49.4 Å². The third-order valence-electron chi connectivity index (χ3n) is 5.67. The summed E-state index contributed by atoms with van der Waals surface area (Å²) < 4.78 is 13.6. The highest BCUT2D eigenvalue weighted by molar-refractivity contribution is 7.99. The van der Waals surface area contributed by atoms with Crippen molar-refractivity contribution in [2.45, 2.75) is 61.9 Å². The van der Waals surface area contributed by atoms with Crippen molar-refractivity contribution < 1.29 is 4.39 Å². The standard InChI is InChI=1S/C21H33FN4S/c1-23-21(24-13-16-27-20-10-6-5-9-19(20)22)25-17-11-14-26(15-12-17)18-7-3-2-4-8-18/h5-6,9-10,17-18H,2-4,7-8,11-16H2,1H3,(H2,23,24,25). The van der Waals surface area contributed by atoms with E-state index >= 15 is 0 Å². The van der Waals surface area contributed by atoms with Gasteiger partial charge in [-0.2, -0.15) is 0 Å². The highest BCUT2D eigenvalue weighted by atomic mass is 32.2. The van der Waals surface area contributed by atoms with E-state index in [0.717, 1.165) is 24.3 Å². The van der Waals surface area contributed by atoms with Crippen molar-refractivity contribution >= 4 is 17.7 Å². The summed E-state index contributed by atoms with van der Waals surface area (Å²) in [5.41, 5.74) is 0. The monoisotopic (exact) mass is 392 g/mol. The molecule has 2 fully saturated rings. The Balaban J connectivity index is 1.34. The Morgan fingerprint density at radius 2 is 1.89 bits per heavy atom. The Bertz CT molecular complexity index is 596. The van der Waals surface area contributed by atoms with Crippen LogP contribution in [0.2, 0.25) is 0 Å². The van der Waals surface area contributed by atoms with E-state index in [1.54, 1.807) is 6.07 Å². The molecule has 27 heavy (non-hydrogen) atoms. The van der Waals surface area contributed by atoms with Crippen molar-refractivity contribution in [2.75, 3.05) is 32.4 Å². The zero-order chi connectivity index (χ0) is 18.9. The lowest BCUT2D eigenvalue weighted by molar-refractivity contribution is 0.119. The average molecular weight is 393 g/mol. The molecule has 0 aromatic heterocycles. The van der Waals surface area contributed by atoms with Crippen LogP contribution in [0.25, 0.3) is 0 Å². The smallest absolute Gasteiger partial charge is 0.191 e. The Morgan fingerprint density at radius 1 is 1.15 bits per heavy atom. The Hall–Kier alpha value is -1.27. The summed E-state index contributed by atoms with van der Waals surface area (Å²) in [6, 6.07) is 8.26. The molecule has 3 rings (SSSR count). The predicted molar refractivity (Wildman–Crippen MR) is 113 cm³/mol. The van der Waals surface area contributed by atoms with E-state index in [0.29, 0.717) is 10.9 Å². The fraction of sp³-hybridized carbons (Fsp3) is 0.667. The SMILES string of the molecule is CN=C(NCCSc1ccccc1F)NC1CCN(C2CCCCC2)CC1. The molecule has 0 amide bonds. The minimum absolute atomic E-state index is 0.144. The van der Waals surface area contributed by atoms with E-state index in [-0.39, 0.29) is 5.82 Å². The number of hydrogen-bond acceptors (Lipinski definition) is 3. The first kappa shape index (κ1) is 20.5. The lowest BCUT2D eigenvalue weighted by Crippen LogP contribution is -2.51. The van der Waals surface area contributed by atoms with E-state index in [9.17, 15) is 4.39 Å². The topological polar surface area (TPSA) is 39.7 Å². The summed E-state index contributed by atoms with van der Waals surface area (Å²) in [6.07, 6.45) is 9.38. The second-order valence-corrected chi connectivity index (χ2v) is 8.66. The molecule has 0 bridgehead atoms. The van der Waals surface area contributed by atoms with Crippen molar-refractivity contribution in [3.63, 3.8) is 0 Å². The number of likely N-dealkylation sites (tertiary alicyclic amines) is 1. The summed E-state index contributed by atoms with van der Waals surface area (Å²) in [6.45, 7) is 3.16. The minimum Gasteiger partial charge on any atom is -0.356 e. The van der Waals surface area contributed by atoms with Gasteiger partial charge in [-0.1, -0.05) is 31.4 Å². The highest BCUT2D eigenvalue weighted by Gasteiger charge is 2.26. The Labute approximate surface area is 167 Å². The number of aliphatic imine (C=N–C) groups is 1. The maximum absolute atomic E-state index is 13.6. The lowest BCUT2D eigenvalue weighted by atomic mass is 9.92. The molecule has 6 heteroatoms. The second kappa shape index (κ2) is 10.9. The van der Waals surface area contributed by atoms with Crippen LogP contribution < -0.4 is 10.6 Å². The van der Waals surface area contributed by atoms with E-state index in [1.807, 2.05) is 19.2 Å². The number of halogens is 1. The molecule has 1 heterocycles. The van der Waals surface area contributed by atoms with Crippen LogP contribution in [0.1, 0.15) is 44.9 Å². The van der Waals surface area contributed by atoms with Gasteiger partial charge in [0.05, 0.1) is 0 Å². The number of nitrogens with one attached hydrogen (secondary N) is 2. The van der Waals surface area contributed by atoms with Gasteiger partial charge < -0.3 is 15.5 Å². The molecule has 1 saturated heterocycles. The molecule has 1 aromatic rings. The number of guanidine groups is 1. The van der Waals surface area contributed by atoms with Crippen LogP contribution in [0.4, 0.5) is 4.39 Å². The summed E-state index contributed by atoms with van der Waals surface area (Å²) >= 11 is 1.53. The number of nitrogens with zero attached hydrogens (tertiary/aromatic N) is 2. The maximum atomic E-state index is 13.6. The van der Waals surface area contributed by atoms with Crippen molar-refractivity contribution in [3.05, 3.63) is 30.1 Å². The maximum Gasteiger partial charge on any atom is 0.191 e. The molecule has 2 aliphatic rings. The predicted octanol–water partition coefficient (Wildman–Crippen LogP) is 3.88. The average Bonchev–Trinajstić information content (AvgIpc) is 2.72. The Kier molecular flexibility index (Phi) is 8.27. The summed E-state index contributed by atoms with van der Waals surface area (Å²) in [5.74, 6) is 1.52. The first-order valence-corrected chi connectivity index (χ1v) is 11.3. The van der Waals surface area contributed by atoms with Crippen LogP contribution >= 0.6 is 11.8 Å². The fourth-order valence-electron chi connectivity index (χ4n) is 4.14. The number of piperidine rings is 1. The van der Waals surface area contributed by atoms with Gasteiger partial charge in [0.15, 0.2) is 5.96 Å².